The second-order valence-electron chi connectivity index (χ2n) is 6.17. The number of carbonyl (C=O) groups excluding carboxylic acids is 1. The van der Waals surface area contributed by atoms with E-state index in [2.05, 4.69) is 10.1 Å². The van der Waals surface area contributed by atoms with Crippen molar-refractivity contribution in [3.8, 4) is 11.4 Å². The molecule has 0 spiro atoms. The molecule has 3 aromatic heterocycles. The van der Waals surface area contributed by atoms with Crippen LogP contribution in [-0.2, 0) is 16.1 Å². The Bertz CT molecular complexity index is 1220. The zero-order valence-electron chi connectivity index (χ0n) is 15.2. The van der Waals surface area contributed by atoms with Crippen LogP contribution in [0.2, 0.25) is 0 Å². The van der Waals surface area contributed by atoms with E-state index >= 15 is 0 Å². The van der Waals surface area contributed by atoms with Gasteiger partial charge in [-0.3, -0.25) is 9.36 Å². The molecule has 27 heavy (non-hydrogen) atoms. The molecule has 4 aromatic rings. The largest absolute Gasteiger partial charge is 0.465 e. The van der Waals surface area contributed by atoms with Gasteiger partial charge in [0.2, 0.25) is 0 Å². The van der Waals surface area contributed by atoms with Gasteiger partial charge >= 0.3 is 11.7 Å². The normalized spacial score (nSPS) is 11.4. The van der Waals surface area contributed by atoms with E-state index in [0.29, 0.717) is 16.3 Å². The van der Waals surface area contributed by atoms with Crippen molar-refractivity contribution in [2.24, 2.45) is 0 Å². The van der Waals surface area contributed by atoms with Gasteiger partial charge in [0.15, 0.2) is 11.5 Å². The summed E-state index contributed by atoms with van der Waals surface area (Å²) in [5.41, 5.74) is 1.97. The Hall–Kier alpha value is -3.00. The van der Waals surface area contributed by atoms with Crippen LogP contribution in [0.3, 0.4) is 0 Å². The van der Waals surface area contributed by atoms with E-state index in [-0.39, 0.29) is 13.2 Å². The standard InChI is InChI=1S/C19H18N4O3S/c1-4-26-14(24)10-22-18-15(11(2)12(3)27-18)17-20-16(21-23(17)19(22)25)13-8-6-5-7-9-13/h5-9H,4,10H2,1-3H3. The molecule has 0 aliphatic heterocycles. The van der Waals surface area contributed by atoms with Gasteiger partial charge in [-0.25, -0.2) is 9.78 Å². The highest BCUT2D eigenvalue weighted by Gasteiger charge is 2.21. The fraction of sp³-hybridized carbons (Fsp3) is 0.263. The molecule has 0 unspecified atom stereocenters. The number of benzene rings is 1. The minimum atomic E-state index is -0.452. The Balaban J connectivity index is 2.03. The van der Waals surface area contributed by atoms with Gasteiger partial charge in [-0.1, -0.05) is 30.3 Å². The summed E-state index contributed by atoms with van der Waals surface area (Å²) in [4.78, 5) is 31.5. The Morgan fingerprint density at radius 3 is 2.67 bits per heavy atom. The van der Waals surface area contributed by atoms with Crippen molar-refractivity contribution in [2.75, 3.05) is 6.61 Å². The van der Waals surface area contributed by atoms with Crippen molar-refractivity contribution >= 4 is 33.2 Å². The fourth-order valence-corrected chi connectivity index (χ4v) is 4.20. The Labute approximate surface area is 158 Å². The molecule has 0 saturated carbocycles. The molecule has 7 nitrogen and oxygen atoms in total. The molecule has 0 atom stereocenters. The molecule has 0 N–H and O–H groups in total. The molecule has 138 valence electrons. The van der Waals surface area contributed by atoms with Crippen LogP contribution < -0.4 is 5.69 Å². The van der Waals surface area contributed by atoms with Crippen LogP contribution in [0, 0.1) is 13.8 Å². The van der Waals surface area contributed by atoms with Gasteiger partial charge in [-0.15, -0.1) is 16.4 Å². The quantitative estimate of drug-likeness (QED) is 0.507. The third-order valence-electron chi connectivity index (χ3n) is 4.48. The average molecular weight is 382 g/mol. The van der Waals surface area contributed by atoms with E-state index in [0.717, 1.165) is 21.4 Å². The summed E-state index contributed by atoms with van der Waals surface area (Å²) < 4.78 is 7.74. The predicted molar refractivity (Wildman–Crippen MR) is 104 cm³/mol. The van der Waals surface area contributed by atoms with E-state index in [1.165, 1.54) is 20.4 Å². The van der Waals surface area contributed by atoms with Crippen LogP contribution in [0.15, 0.2) is 35.1 Å². The Morgan fingerprint density at radius 1 is 1.22 bits per heavy atom. The lowest BCUT2D eigenvalue weighted by Crippen LogP contribution is -2.30. The highest BCUT2D eigenvalue weighted by atomic mass is 32.1. The number of aryl methyl sites for hydroxylation is 2. The molecule has 0 radical (unpaired) electrons. The molecular weight excluding hydrogens is 364 g/mol. The van der Waals surface area contributed by atoms with Crippen molar-refractivity contribution in [1.29, 1.82) is 0 Å². The van der Waals surface area contributed by atoms with Crippen molar-refractivity contribution in [2.45, 2.75) is 27.3 Å². The number of ether oxygens (including phenoxy) is 1. The smallest absolute Gasteiger partial charge is 0.352 e. The third kappa shape index (κ3) is 2.82. The lowest BCUT2D eigenvalue weighted by molar-refractivity contribution is -0.143. The molecule has 8 heteroatoms. The van der Waals surface area contributed by atoms with E-state index in [4.69, 9.17) is 4.74 Å². The van der Waals surface area contributed by atoms with E-state index < -0.39 is 11.7 Å². The van der Waals surface area contributed by atoms with Gasteiger partial charge in [0.1, 0.15) is 11.4 Å². The van der Waals surface area contributed by atoms with E-state index in [1.54, 1.807) is 6.92 Å². The maximum atomic E-state index is 13.1. The number of esters is 1. The zero-order chi connectivity index (χ0) is 19.1. The van der Waals surface area contributed by atoms with Gasteiger partial charge in [0, 0.05) is 10.4 Å². The summed E-state index contributed by atoms with van der Waals surface area (Å²) in [6.07, 6.45) is 0. The number of carbonyl (C=O) groups is 1. The maximum Gasteiger partial charge on any atom is 0.352 e. The third-order valence-corrected chi connectivity index (χ3v) is 5.71. The summed E-state index contributed by atoms with van der Waals surface area (Å²) in [6, 6.07) is 9.51. The minimum Gasteiger partial charge on any atom is -0.465 e. The summed E-state index contributed by atoms with van der Waals surface area (Å²) in [5.74, 6) is 0.0264. The van der Waals surface area contributed by atoms with E-state index in [9.17, 15) is 9.59 Å². The molecule has 4 rings (SSSR count). The summed E-state index contributed by atoms with van der Waals surface area (Å²) in [7, 11) is 0. The predicted octanol–water partition coefficient (Wildman–Crippen LogP) is 2.95. The average Bonchev–Trinajstić information content (AvgIpc) is 3.22. The minimum absolute atomic E-state index is 0.154. The van der Waals surface area contributed by atoms with Gasteiger partial charge in [0.05, 0.1) is 12.0 Å². The maximum absolute atomic E-state index is 13.1. The number of nitrogens with zero attached hydrogens (tertiary/aromatic N) is 4. The van der Waals surface area contributed by atoms with Gasteiger partial charge in [0.25, 0.3) is 0 Å². The van der Waals surface area contributed by atoms with Crippen LogP contribution in [0.4, 0.5) is 0 Å². The Kier molecular flexibility index (Phi) is 4.27. The number of thiophene rings is 1. The highest BCUT2D eigenvalue weighted by molar-refractivity contribution is 7.19. The lowest BCUT2D eigenvalue weighted by Gasteiger charge is -2.07. The molecule has 0 aliphatic rings. The van der Waals surface area contributed by atoms with Crippen LogP contribution in [0.1, 0.15) is 17.4 Å². The molecular formula is C19H18N4O3S. The van der Waals surface area contributed by atoms with Crippen LogP contribution in [-0.4, -0.2) is 31.7 Å². The zero-order valence-corrected chi connectivity index (χ0v) is 16.0. The van der Waals surface area contributed by atoms with E-state index in [1.807, 2.05) is 44.2 Å². The highest BCUT2D eigenvalue weighted by Crippen LogP contribution is 2.32. The monoisotopic (exact) mass is 382 g/mol. The van der Waals surface area contributed by atoms with Crippen LogP contribution in [0.25, 0.3) is 27.3 Å². The molecule has 0 bridgehead atoms. The second kappa shape index (κ2) is 6.62. The van der Waals surface area contributed by atoms with Crippen molar-refractivity contribution in [1.82, 2.24) is 19.2 Å². The molecule has 0 aliphatic carbocycles. The number of hydrogen-bond acceptors (Lipinski definition) is 6. The van der Waals surface area contributed by atoms with Crippen molar-refractivity contribution in [3.63, 3.8) is 0 Å². The summed E-state index contributed by atoms with van der Waals surface area (Å²) in [6.45, 7) is 5.83. The first-order valence-electron chi connectivity index (χ1n) is 8.61. The number of aromatic nitrogens is 4. The number of rotatable bonds is 4. The second-order valence-corrected chi connectivity index (χ2v) is 7.38. The first kappa shape index (κ1) is 17.4. The topological polar surface area (TPSA) is 78.5 Å². The van der Waals surface area contributed by atoms with Gasteiger partial charge in [-0.2, -0.15) is 4.52 Å². The van der Waals surface area contributed by atoms with Crippen molar-refractivity contribution < 1.29 is 9.53 Å². The summed E-state index contributed by atoms with van der Waals surface area (Å²) in [5, 5.41) is 5.27. The summed E-state index contributed by atoms with van der Waals surface area (Å²) >= 11 is 1.47. The molecule has 0 saturated heterocycles. The van der Waals surface area contributed by atoms with Gasteiger partial charge in [-0.05, 0) is 26.3 Å². The first-order chi connectivity index (χ1) is 13.0. The van der Waals surface area contributed by atoms with Crippen LogP contribution in [0.5, 0.6) is 0 Å². The number of fused-ring (bicyclic) bond motifs is 3. The first-order valence-corrected chi connectivity index (χ1v) is 9.43. The number of hydrogen-bond donors (Lipinski definition) is 0. The Morgan fingerprint density at radius 2 is 1.96 bits per heavy atom. The SMILES string of the molecule is CCOC(=O)Cn1c(=O)n2nc(-c3ccccc3)nc2c2c(C)c(C)sc21. The fourth-order valence-electron chi connectivity index (χ4n) is 3.06. The molecule has 0 fully saturated rings. The molecule has 0 amide bonds. The van der Waals surface area contributed by atoms with Gasteiger partial charge < -0.3 is 4.74 Å². The van der Waals surface area contributed by atoms with Crippen LogP contribution >= 0.6 is 11.3 Å². The molecule has 3 heterocycles. The lowest BCUT2D eigenvalue weighted by atomic mass is 10.2. The van der Waals surface area contributed by atoms with Crippen molar-refractivity contribution in [3.05, 3.63) is 51.3 Å². The molecule has 1 aromatic carbocycles.